The molecule has 0 atom stereocenters. The third-order valence-corrected chi connectivity index (χ3v) is 4.79. The minimum absolute atomic E-state index is 0.0273. The van der Waals surface area contributed by atoms with Gasteiger partial charge in [0.25, 0.3) is 0 Å². The number of aromatic nitrogens is 1. The van der Waals surface area contributed by atoms with E-state index >= 15 is 0 Å². The lowest BCUT2D eigenvalue weighted by atomic mass is 10.1. The number of carbonyl (C=O) groups is 1. The molecule has 3 rings (SSSR count). The summed E-state index contributed by atoms with van der Waals surface area (Å²) in [5.41, 5.74) is 2.02. The summed E-state index contributed by atoms with van der Waals surface area (Å²) in [4.78, 5) is 24.7. The first kappa shape index (κ1) is 22.1. The molecule has 0 aliphatic rings. The monoisotopic (exact) mass is 422 g/mol. The Labute approximate surface area is 180 Å². The van der Waals surface area contributed by atoms with Crippen LogP contribution in [0, 0.1) is 0 Å². The Balaban J connectivity index is 1.59. The fourth-order valence-corrected chi connectivity index (χ4v) is 3.07. The van der Waals surface area contributed by atoms with E-state index in [1.165, 1.54) is 16.8 Å². The highest BCUT2D eigenvalue weighted by molar-refractivity contribution is 5.75. The minimum atomic E-state index is -0.354. The molecule has 0 aliphatic heterocycles. The lowest BCUT2D eigenvalue weighted by molar-refractivity contribution is -0.121. The maximum atomic E-state index is 12.4. The molecule has 0 spiro atoms. The second-order valence-electron chi connectivity index (χ2n) is 7.00. The van der Waals surface area contributed by atoms with Crippen LogP contribution >= 0.6 is 0 Å². The third-order valence-electron chi connectivity index (χ3n) is 4.79. The van der Waals surface area contributed by atoms with Crippen LogP contribution in [0.15, 0.2) is 71.7 Å². The molecule has 0 saturated carbocycles. The highest BCUT2D eigenvalue weighted by Gasteiger charge is 2.11. The lowest BCUT2D eigenvalue weighted by Gasteiger charge is -2.14. The van der Waals surface area contributed by atoms with E-state index in [0.29, 0.717) is 18.7 Å². The predicted octanol–water partition coefficient (Wildman–Crippen LogP) is 2.29. The van der Waals surface area contributed by atoms with E-state index in [9.17, 15) is 14.7 Å². The van der Waals surface area contributed by atoms with Crippen molar-refractivity contribution < 1.29 is 19.4 Å². The molecule has 0 unspecified atom stereocenters. The van der Waals surface area contributed by atoms with Crippen LogP contribution in [0.4, 0.5) is 0 Å². The van der Waals surface area contributed by atoms with Crippen LogP contribution in [0.25, 0.3) is 0 Å². The number of rotatable bonds is 10. The van der Waals surface area contributed by atoms with Gasteiger partial charge in [-0.05, 0) is 29.7 Å². The second kappa shape index (κ2) is 11.0. The van der Waals surface area contributed by atoms with Gasteiger partial charge >= 0.3 is 0 Å². The number of hydrogen-bond donors (Lipinski definition) is 2. The number of nitrogens with zero attached hydrogens (tertiary/aromatic N) is 1. The number of amides is 1. The van der Waals surface area contributed by atoms with Crippen LogP contribution < -0.4 is 20.2 Å². The van der Waals surface area contributed by atoms with E-state index in [-0.39, 0.29) is 36.8 Å². The van der Waals surface area contributed by atoms with Gasteiger partial charge in [0, 0.05) is 18.3 Å². The Morgan fingerprint density at radius 1 is 1.06 bits per heavy atom. The number of aliphatic hydroxyl groups is 1. The Kier molecular flexibility index (Phi) is 7.84. The fraction of sp³-hybridized carbons (Fsp3) is 0.250. The molecule has 1 aromatic heterocycles. The number of ether oxygens (including phenoxy) is 2. The molecular weight excluding hydrogens is 396 g/mol. The maximum Gasteiger partial charge on any atom is 0.239 e. The van der Waals surface area contributed by atoms with Gasteiger partial charge in [0.2, 0.25) is 11.3 Å². The van der Waals surface area contributed by atoms with Crippen molar-refractivity contribution in [1.29, 1.82) is 0 Å². The van der Waals surface area contributed by atoms with Crippen molar-refractivity contribution in [2.24, 2.45) is 0 Å². The zero-order valence-electron chi connectivity index (χ0n) is 17.4. The zero-order chi connectivity index (χ0) is 22.1. The highest BCUT2D eigenvalue weighted by atomic mass is 16.5. The molecule has 0 aliphatic carbocycles. The van der Waals surface area contributed by atoms with E-state index in [4.69, 9.17) is 9.47 Å². The summed E-state index contributed by atoms with van der Waals surface area (Å²) in [6.45, 7) is 0.327. The van der Waals surface area contributed by atoms with Crippen LogP contribution in [0.2, 0.25) is 0 Å². The summed E-state index contributed by atoms with van der Waals surface area (Å²) in [5, 5.41) is 12.4. The van der Waals surface area contributed by atoms with Gasteiger partial charge in [-0.15, -0.1) is 0 Å². The summed E-state index contributed by atoms with van der Waals surface area (Å²) in [6, 6.07) is 18.4. The molecule has 2 aromatic carbocycles. The zero-order valence-corrected chi connectivity index (χ0v) is 17.4. The molecule has 7 heteroatoms. The van der Waals surface area contributed by atoms with Crippen molar-refractivity contribution in [2.45, 2.75) is 26.2 Å². The van der Waals surface area contributed by atoms with Gasteiger partial charge in [-0.2, -0.15) is 0 Å². The minimum Gasteiger partial charge on any atom is -0.497 e. The molecule has 1 heterocycles. The Morgan fingerprint density at radius 2 is 1.81 bits per heavy atom. The Morgan fingerprint density at radius 3 is 2.48 bits per heavy atom. The number of pyridine rings is 1. The summed E-state index contributed by atoms with van der Waals surface area (Å²) >= 11 is 0. The van der Waals surface area contributed by atoms with Gasteiger partial charge in [-0.3, -0.25) is 9.59 Å². The van der Waals surface area contributed by atoms with Crippen LogP contribution in [-0.2, 0) is 31.0 Å². The molecular formula is C24H26N2O5. The van der Waals surface area contributed by atoms with E-state index in [2.05, 4.69) is 5.32 Å². The van der Waals surface area contributed by atoms with Gasteiger partial charge < -0.3 is 24.5 Å². The molecule has 2 N–H and O–H groups in total. The summed E-state index contributed by atoms with van der Waals surface area (Å²) in [6.07, 6.45) is 2.15. The molecule has 0 fully saturated rings. The number of aliphatic hydroxyl groups excluding tert-OH is 1. The maximum absolute atomic E-state index is 12.4. The lowest BCUT2D eigenvalue weighted by Crippen LogP contribution is -2.30. The van der Waals surface area contributed by atoms with Gasteiger partial charge in [-0.25, -0.2) is 0 Å². The van der Waals surface area contributed by atoms with Crippen molar-refractivity contribution in [2.75, 3.05) is 13.7 Å². The molecule has 7 nitrogen and oxygen atoms in total. The molecule has 162 valence electrons. The molecule has 0 bridgehead atoms. The second-order valence-corrected chi connectivity index (χ2v) is 7.00. The number of carbonyl (C=O) groups excluding carboxylic acids is 1. The van der Waals surface area contributed by atoms with Crippen molar-refractivity contribution in [3.8, 4) is 11.5 Å². The first-order chi connectivity index (χ1) is 15.1. The van der Waals surface area contributed by atoms with Crippen LogP contribution in [0.3, 0.4) is 0 Å². The SMILES string of the molecule is COc1ccc(CCNC(=O)Cn2cc(OCc3ccccc3)c(=O)cc2CO)cc1. The number of nitrogens with one attached hydrogen (secondary N) is 1. The summed E-state index contributed by atoms with van der Waals surface area (Å²) in [7, 11) is 1.62. The van der Waals surface area contributed by atoms with Crippen LogP contribution in [-0.4, -0.2) is 29.2 Å². The number of methoxy groups -OCH3 is 1. The molecule has 0 saturated heterocycles. The average molecular weight is 422 g/mol. The van der Waals surface area contributed by atoms with E-state index in [0.717, 1.165) is 16.9 Å². The van der Waals surface area contributed by atoms with Crippen LogP contribution in [0.1, 0.15) is 16.8 Å². The first-order valence-corrected chi connectivity index (χ1v) is 9.99. The van der Waals surface area contributed by atoms with Crippen LogP contribution in [0.5, 0.6) is 11.5 Å². The number of benzene rings is 2. The summed E-state index contributed by atoms with van der Waals surface area (Å²) < 4.78 is 12.3. The van der Waals surface area contributed by atoms with Gasteiger partial charge in [0.15, 0.2) is 5.75 Å². The van der Waals surface area contributed by atoms with E-state index in [1.807, 2.05) is 54.6 Å². The molecule has 1 amide bonds. The van der Waals surface area contributed by atoms with Crippen molar-refractivity contribution in [3.05, 3.63) is 93.9 Å². The van der Waals surface area contributed by atoms with Crippen molar-refractivity contribution in [3.63, 3.8) is 0 Å². The van der Waals surface area contributed by atoms with Gasteiger partial charge in [0.1, 0.15) is 18.9 Å². The topological polar surface area (TPSA) is 89.8 Å². The number of hydrogen-bond acceptors (Lipinski definition) is 5. The highest BCUT2D eigenvalue weighted by Crippen LogP contribution is 2.12. The van der Waals surface area contributed by atoms with Crippen molar-refractivity contribution >= 4 is 5.91 Å². The molecule has 0 radical (unpaired) electrons. The predicted molar refractivity (Wildman–Crippen MR) is 117 cm³/mol. The van der Waals surface area contributed by atoms with Gasteiger partial charge in [-0.1, -0.05) is 42.5 Å². The summed E-state index contributed by atoms with van der Waals surface area (Å²) in [5.74, 6) is 0.695. The standard InChI is InChI=1S/C24H26N2O5/c1-30-21-9-7-18(8-10-21)11-12-25-24(29)15-26-14-23(22(28)13-20(26)16-27)31-17-19-5-3-2-4-6-19/h2-10,13-14,27H,11-12,15-17H2,1H3,(H,25,29). The third kappa shape index (κ3) is 6.45. The van der Waals surface area contributed by atoms with E-state index < -0.39 is 0 Å². The Bertz CT molecular complexity index is 1050. The molecule has 3 aromatic rings. The quantitative estimate of drug-likeness (QED) is 0.523. The average Bonchev–Trinajstić information content (AvgIpc) is 2.80. The Hall–Kier alpha value is -3.58. The van der Waals surface area contributed by atoms with Crippen molar-refractivity contribution in [1.82, 2.24) is 9.88 Å². The first-order valence-electron chi connectivity index (χ1n) is 9.99. The molecule has 31 heavy (non-hydrogen) atoms. The fourth-order valence-electron chi connectivity index (χ4n) is 3.07. The van der Waals surface area contributed by atoms with Gasteiger partial charge in [0.05, 0.1) is 19.9 Å². The smallest absolute Gasteiger partial charge is 0.239 e. The largest absolute Gasteiger partial charge is 0.497 e. The normalized spacial score (nSPS) is 10.5. The van der Waals surface area contributed by atoms with E-state index in [1.54, 1.807) is 7.11 Å².